The minimum absolute atomic E-state index is 0.263. The van der Waals surface area contributed by atoms with Crippen LogP contribution in [0.4, 0.5) is 4.79 Å². The summed E-state index contributed by atoms with van der Waals surface area (Å²) in [6, 6.07) is 3.78. The van der Waals surface area contributed by atoms with E-state index in [1.807, 2.05) is 39.0 Å². The maximum Gasteiger partial charge on any atom is 0.410 e. The second-order valence-electron chi connectivity index (χ2n) is 5.77. The van der Waals surface area contributed by atoms with Crippen molar-refractivity contribution >= 4 is 23.3 Å². The van der Waals surface area contributed by atoms with E-state index in [0.717, 1.165) is 12.0 Å². The van der Waals surface area contributed by atoms with Crippen LogP contribution < -0.4 is 0 Å². The molecule has 0 aromatic carbocycles. The smallest absolute Gasteiger partial charge is 0.410 e. The van der Waals surface area contributed by atoms with Crippen LogP contribution in [0, 0.1) is 0 Å². The van der Waals surface area contributed by atoms with Gasteiger partial charge in [0.1, 0.15) is 10.8 Å². The number of nitrogens with zero attached hydrogens (tertiary/aromatic N) is 2. The molecule has 2 rings (SSSR count). The van der Waals surface area contributed by atoms with Gasteiger partial charge >= 0.3 is 6.09 Å². The Kier molecular flexibility index (Phi) is 4.33. The van der Waals surface area contributed by atoms with E-state index in [2.05, 4.69) is 4.98 Å². The van der Waals surface area contributed by atoms with Crippen molar-refractivity contribution in [2.75, 3.05) is 13.1 Å². The number of ether oxygens (including phenoxy) is 1. The number of hydrogen-bond donors (Lipinski definition) is 0. The number of halogens is 1. The summed E-state index contributed by atoms with van der Waals surface area (Å²) in [6.07, 6.45) is 4.26. The number of pyridine rings is 1. The zero-order valence-corrected chi connectivity index (χ0v) is 12.8. The monoisotopic (exact) mass is 294 g/mol. The minimum Gasteiger partial charge on any atom is -0.444 e. The van der Waals surface area contributed by atoms with Gasteiger partial charge in [0, 0.05) is 19.3 Å². The Morgan fingerprint density at radius 3 is 2.75 bits per heavy atom. The van der Waals surface area contributed by atoms with Gasteiger partial charge in [0.15, 0.2) is 0 Å². The lowest BCUT2D eigenvalue weighted by molar-refractivity contribution is 0.0270. The molecule has 1 amide bonds. The molecule has 0 spiro atoms. The van der Waals surface area contributed by atoms with Crippen molar-refractivity contribution in [1.29, 1.82) is 0 Å². The van der Waals surface area contributed by atoms with Gasteiger partial charge in [-0.05, 0) is 50.5 Å². The second-order valence-corrected chi connectivity index (χ2v) is 6.16. The van der Waals surface area contributed by atoms with Crippen molar-refractivity contribution < 1.29 is 9.53 Å². The first kappa shape index (κ1) is 14.9. The van der Waals surface area contributed by atoms with E-state index in [-0.39, 0.29) is 6.09 Å². The first-order valence-electron chi connectivity index (χ1n) is 6.64. The molecule has 0 bridgehead atoms. The van der Waals surface area contributed by atoms with Crippen LogP contribution in [0.1, 0.15) is 32.8 Å². The fourth-order valence-corrected chi connectivity index (χ4v) is 2.20. The van der Waals surface area contributed by atoms with Gasteiger partial charge in [-0.2, -0.15) is 0 Å². The van der Waals surface area contributed by atoms with E-state index >= 15 is 0 Å². The minimum atomic E-state index is -0.459. The number of carbonyl (C=O) groups excluding carboxylic acids is 1. The predicted octanol–water partition coefficient (Wildman–Crippen LogP) is 3.76. The third-order valence-electron chi connectivity index (χ3n) is 2.96. The van der Waals surface area contributed by atoms with Crippen LogP contribution in [0.2, 0.25) is 5.15 Å². The molecule has 0 radical (unpaired) electrons. The molecule has 0 atom stereocenters. The quantitative estimate of drug-likeness (QED) is 0.741. The fraction of sp³-hybridized carbons (Fsp3) is 0.467. The maximum atomic E-state index is 12.0. The highest BCUT2D eigenvalue weighted by Gasteiger charge is 2.23. The second kappa shape index (κ2) is 5.83. The van der Waals surface area contributed by atoms with Crippen molar-refractivity contribution in [1.82, 2.24) is 9.88 Å². The molecule has 0 aliphatic carbocycles. The van der Waals surface area contributed by atoms with E-state index in [9.17, 15) is 4.79 Å². The van der Waals surface area contributed by atoms with E-state index in [4.69, 9.17) is 16.3 Å². The van der Waals surface area contributed by atoms with Crippen LogP contribution in [-0.4, -0.2) is 34.7 Å². The molecule has 1 aliphatic rings. The summed E-state index contributed by atoms with van der Waals surface area (Å²) in [7, 11) is 0. The maximum absolute atomic E-state index is 12.0. The lowest BCUT2D eigenvalue weighted by Gasteiger charge is -2.29. The normalized spacial score (nSPS) is 15.8. The van der Waals surface area contributed by atoms with Gasteiger partial charge in [0.2, 0.25) is 0 Å². The third-order valence-corrected chi connectivity index (χ3v) is 3.16. The van der Waals surface area contributed by atoms with Gasteiger partial charge in [-0.15, -0.1) is 0 Å². The summed E-state index contributed by atoms with van der Waals surface area (Å²) in [4.78, 5) is 17.6. The Morgan fingerprint density at radius 1 is 1.45 bits per heavy atom. The number of amides is 1. The number of aromatic nitrogens is 1. The Hall–Kier alpha value is -1.55. The Labute approximate surface area is 124 Å². The van der Waals surface area contributed by atoms with Gasteiger partial charge in [-0.3, -0.25) is 0 Å². The van der Waals surface area contributed by atoms with Crippen LogP contribution in [0.5, 0.6) is 0 Å². The molecule has 1 aliphatic heterocycles. The first-order chi connectivity index (χ1) is 9.35. The lowest BCUT2D eigenvalue weighted by atomic mass is 10.0. The fourth-order valence-electron chi connectivity index (χ4n) is 2.03. The molecule has 0 saturated heterocycles. The van der Waals surface area contributed by atoms with Crippen LogP contribution in [0.15, 0.2) is 24.4 Å². The van der Waals surface area contributed by atoms with Crippen molar-refractivity contribution in [2.24, 2.45) is 0 Å². The average Bonchev–Trinajstić information content (AvgIpc) is 2.37. The SMILES string of the molecule is CC(C)(C)OC(=O)N1CC=C(c2ccnc(Cl)c2)CC1. The Bertz CT molecular complexity index is 535. The molecule has 1 aromatic rings. The van der Waals surface area contributed by atoms with Gasteiger partial charge in [0.25, 0.3) is 0 Å². The predicted molar refractivity (Wildman–Crippen MR) is 79.6 cm³/mol. The number of hydrogen-bond acceptors (Lipinski definition) is 3. The van der Waals surface area contributed by atoms with Gasteiger partial charge < -0.3 is 9.64 Å². The molecule has 0 unspecified atom stereocenters. The van der Waals surface area contributed by atoms with E-state index in [1.54, 1.807) is 11.1 Å². The molecule has 20 heavy (non-hydrogen) atoms. The molecule has 0 N–H and O–H groups in total. The van der Waals surface area contributed by atoms with Crippen molar-refractivity contribution in [3.8, 4) is 0 Å². The highest BCUT2D eigenvalue weighted by Crippen LogP contribution is 2.24. The molecular weight excluding hydrogens is 276 g/mol. The Morgan fingerprint density at radius 2 is 2.20 bits per heavy atom. The summed E-state index contributed by atoms with van der Waals surface area (Å²) in [5, 5.41) is 0.484. The largest absolute Gasteiger partial charge is 0.444 e. The van der Waals surface area contributed by atoms with Crippen LogP contribution in [-0.2, 0) is 4.74 Å². The van der Waals surface area contributed by atoms with E-state index in [0.29, 0.717) is 18.2 Å². The van der Waals surface area contributed by atoms with E-state index in [1.165, 1.54) is 5.57 Å². The lowest BCUT2D eigenvalue weighted by Crippen LogP contribution is -2.39. The molecular formula is C15H19ClN2O2. The van der Waals surface area contributed by atoms with Gasteiger partial charge in [0.05, 0.1) is 0 Å². The Balaban J connectivity index is 2.02. The van der Waals surface area contributed by atoms with Crippen molar-refractivity contribution in [2.45, 2.75) is 32.8 Å². The number of rotatable bonds is 1. The zero-order chi connectivity index (χ0) is 14.8. The standard InChI is InChI=1S/C15H19ClN2O2/c1-15(2,3)20-14(19)18-8-5-11(6-9-18)12-4-7-17-13(16)10-12/h4-5,7,10H,6,8-9H2,1-3H3. The first-order valence-corrected chi connectivity index (χ1v) is 7.02. The third kappa shape index (κ3) is 3.97. The molecule has 0 fully saturated rings. The summed E-state index contributed by atoms with van der Waals surface area (Å²) in [5.41, 5.74) is 1.79. The van der Waals surface area contributed by atoms with Gasteiger partial charge in [-0.25, -0.2) is 9.78 Å². The summed E-state index contributed by atoms with van der Waals surface area (Å²) in [5.74, 6) is 0. The number of carbonyl (C=O) groups is 1. The molecule has 2 heterocycles. The molecule has 4 nitrogen and oxygen atoms in total. The van der Waals surface area contributed by atoms with E-state index < -0.39 is 5.60 Å². The molecule has 5 heteroatoms. The molecule has 1 aromatic heterocycles. The highest BCUT2D eigenvalue weighted by molar-refractivity contribution is 6.29. The molecule has 0 saturated carbocycles. The van der Waals surface area contributed by atoms with Crippen LogP contribution >= 0.6 is 11.6 Å². The molecule has 108 valence electrons. The highest BCUT2D eigenvalue weighted by atomic mass is 35.5. The van der Waals surface area contributed by atoms with Crippen LogP contribution in [0.3, 0.4) is 0 Å². The summed E-state index contributed by atoms with van der Waals surface area (Å²) in [6.45, 7) is 6.82. The topological polar surface area (TPSA) is 42.4 Å². The zero-order valence-electron chi connectivity index (χ0n) is 12.0. The average molecular weight is 295 g/mol. The summed E-state index contributed by atoms with van der Waals surface area (Å²) >= 11 is 5.89. The van der Waals surface area contributed by atoms with Crippen molar-refractivity contribution in [3.63, 3.8) is 0 Å². The van der Waals surface area contributed by atoms with Crippen molar-refractivity contribution in [3.05, 3.63) is 35.1 Å². The summed E-state index contributed by atoms with van der Waals surface area (Å²) < 4.78 is 5.36. The van der Waals surface area contributed by atoms with Gasteiger partial charge in [-0.1, -0.05) is 17.7 Å². The van der Waals surface area contributed by atoms with Crippen LogP contribution in [0.25, 0.3) is 5.57 Å².